The summed E-state index contributed by atoms with van der Waals surface area (Å²) in [5.41, 5.74) is 4.46. The third-order valence-electron chi connectivity index (χ3n) is 6.10. The number of anilines is 1. The maximum Gasteiger partial charge on any atom is 0.295 e. The second kappa shape index (κ2) is 19.1. The van der Waals surface area contributed by atoms with Crippen LogP contribution in [0.3, 0.4) is 0 Å². The van der Waals surface area contributed by atoms with Crippen molar-refractivity contribution >= 4 is 22.8 Å². The van der Waals surface area contributed by atoms with Crippen molar-refractivity contribution in [1.29, 1.82) is 0 Å². The average Bonchev–Trinajstić information content (AvgIpc) is 3.70. The topological polar surface area (TPSA) is 106 Å². The Morgan fingerprint density at radius 3 is 2.46 bits per heavy atom. The molecule has 2 N–H and O–H groups in total. The van der Waals surface area contributed by atoms with Crippen molar-refractivity contribution in [2.24, 2.45) is 5.41 Å². The summed E-state index contributed by atoms with van der Waals surface area (Å²) in [5, 5.41) is 21.5. The maximum absolute atomic E-state index is 11.0. The molecule has 41 heavy (non-hydrogen) atoms. The van der Waals surface area contributed by atoms with Crippen LogP contribution in [0.2, 0.25) is 0 Å². The quantitative estimate of drug-likeness (QED) is 0.111. The van der Waals surface area contributed by atoms with Gasteiger partial charge >= 0.3 is 0 Å². The molecule has 0 radical (unpaired) electrons. The molecule has 9 heteroatoms. The number of nitrogens with one attached hydrogen (secondary N) is 1. The molecule has 220 valence electrons. The average molecular weight is 579 g/mol. The van der Waals surface area contributed by atoms with Gasteiger partial charge in [-0.15, -0.1) is 17.9 Å². The van der Waals surface area contributed by atoms with Crippen molar-refractivity contribution in [3.8, 4) is 34.9 Å². The van der Waals surface area contributed by atoms with Gasteiger partial charge in [-0.3, -0.25) is 9.78 Å². The van der Waals surface area contributed by atoms with Crippen molar-refractivity contribution < 1.29 is 19.4 Å². The molecule has 0 spiro atoms. The number of pyridine rings is 1. The first kappa shape index (κ1) is 35.0. The number of para-hydroxylation sites is 1. The fourth-order valence-electron chi connectivity index (χ4n) is 3.83. The minimum absolute atomic E-state index is 0.0348. The van der Waals surface area contributed by atoms with Gasteiger partial charge in [-0.2, -0.15) is 0 Å². The Balaban J connectivity index is 0.000000369. The first-order valence-corrected chi connectivity index (χ1v) is 14.3. The number of aldehydes is 1. The number of hydrogen-bond acceptors (Lipinski definition) is 9. The van der Waals surface area contributed by atoms with E-state index in [2.05, 4.69) is 51.6 Å². The fraction of sp³-hybridized carbons (Fsp3) is 0.375. The molecular weight excluding hydrogens is 536 g/mol. The summed E-state index contributed by atoms with van der Waals surface area (Å²) >= 11 is 1.40. The van der Waals surface area contributed by atoms with Gasteiger partial charge in [-0.05, 0) is 67.7 Å². The highest BCUT2D eigenvalue weighted by Gasteiger charge is 2.43. The van der Waals surface area contributed by atoms with E-state index in [0.29, 0.717) is 17.4 Å². The number of carbonyl (C=O) groups excluding carboxylic acids is 1. The summed E-state index contributed by atoms with van der Waals surface area (Å²) in [7, 11) is 3.42. The monoisotopic (exact) mass is 578 g/mol. The Morgan fingerprint density at radius 2 is 1.90 bits per heavy atom. The Labute approximate surface area is 248 Å². The number of terminal acetylenes is 1. The van der Waals surface area contributed by atoms with Gasteiger partial charge in [0.25, 0.3) is 5.19 Å². The summed E-state index contributed by atoms with van der Waals surface area (Å²) in [6, 6.07) is 9.51. The number of aliphatic hydroxyl groups excluding tert-OH is 1. The van der Waals surface area contributed by atoms with Gasteiger partial charge in [-0.1, -0.05) is 55.4 Å². The number of nitrogens with zero attached hydrogens (tertiary/aromatic N) is 3. The number of hydrogen-bond donors (Lipinski definition) is 2. The molecular formula is C32H42N4O4S. The summed E-state index contributed by atoms with van der Waals surface area (Å²) in [6.07, 6.45) is 19.7. The lowest BCUT2D eigenvalue weighted by Gasteiger charge is -2.12. The molecule has 8 nitrogen and oxygen atoms in total. The molecule has 0 unspecified atom stereocenters. The predicted octanol–water partition coefficient (Wildman–Crippen LogP) is 6.78. The summed E-state index contributed by atoms with van der Waals surface area (Å²) in [4.78, 5) is 15.2. The molecule has 4 rings (SSSR count). The lowest BCUT2D eigenvalue weighted by Crippen LogP contribution is -2.08. The number of allylic oxidation sites excluding steroid dienone is 2. The van der Waals surface area contributed by atoms with Gasteiger partial charge in [-0.25, -0.2) is 0 Å². The molecule has 1 fully saturated rings. The van der Waals surface area contributed by atoms with E-state index in [4.69, 9.17) is 9.47 Å². The molecule has 1 aliphatic carbocycles. The zero-order valence-electron chi connectivity index (χ0n) is 24.9. The molecule has 0 aliphatic heterocycles. The van der Waals surface area contributed by atoms with Crippen LogP contribution in [0.25, 0.3) is 11.1 Å². The third-order valence-corrected chi connectivity index (χ3v) is 6.96. The van der Waals surface area contributed by atoms with Crippen LogP contribution in [0.5, 0.6) is 10.9 Å². The first-order chi connectivity index (χ1) is 20.0. The summed E-state index contributed by atoms with van der Waals surface area (Å²) < 4.78 is 10.8. The number of methoxy groups -OCH3 is 1. The number of rotatable bonds is 11. The third kappa shape index (κ3) is 10.5. The van der Waals surface area contributed by atoms with Crippen molar-refractivity contribution in [3.05, 3.63) is 71.6 Å². The maximum atomic E-state index is 11.0. The van der Waals surface area contributed by atoms with Crippen LogP contribution in [0.1, 0.15) is 56.1 Å². The number of carbonyl (C=O) groups is 1. The molecule has 3 aromatic rings. The highest BCUT2D eigenvalue weighted by molar-refractivity contribution is 7.16. The minimum atomic E-state index is 0.0348. The highest BCUT2D eigenvalue weighted by atomic mass is 32.1. The van der Waals surface area contributed by atoms with Crippen LogP contribution < -0.4 is 14.8 Å². The summed E-state index contributed by atoms with van der Waals surface area (Å²) in [6.45, 7) is 8.74. The largest absolute Gasteiger partial charge is 0.496 e. The van der Waals surface area contributed by atoms with Crippen LogP contribution in [0.4, 0.5) is 5.13 Å². The van der Waals surface area contributed by atoms with Gasteiger partial charge in [0.15, 0.2) is 6.29 Å². The lowest BCUT2D eigenvalue weighted by molar-refractivity contribution is 0.112. The van der Waals surface area contributed by atoms with Gasteiger partial charge in [0.05, 0.1) is 20.3 Å². The van der Waals surface area contributed by atoms with Crippen LogP contribution in [-0.4, -0.2) is 53.9 Å². The number of aliphatic hydroxyl groups is 1. The second-order valence-corrected chi connectivity index (χ2v) is 9.52. The van der Waals surface area contributed by atoms with E-state index < -0.39 is 0 Å². The number of ether oxygens (including phenoxy) is 2. The van der Waals surface area contributed by atoms with Gasteiger partial charge in [0.2, 0.25) is 5.13 Å². The van der Waals surface area contributed by atoms with Crippen molar-refractivity contribution in [2.75, 3.05) is 32.7 Å². The number of benzene rings is 1. The molecule has 0 saturated heterocycles. The lowest BCUT2D eigenvalue weighted by atomic mass is 9.96. The standard InChI is InChI=1S/C14H21N3O2S.C14H13NO2.C2H6.C2H2/c1-3-11(14(10-18)7-8-14)6-4-5-9-19-13-17-16-12(15-2)20-13;1-10-7-13(11(9-16)8-15-10)12-5-3-4-6-14(12)17-2;2*1-2/h3-4,6,18H,5,7-10H2,1-2H3,(H,15,16);3-9H,1-2H3;1-2H3;1-2H/b6-4-,11-3+;;;. The van der Waals surface area contributed by atoms with Gasteiger partial charge < -0.3 is 19.9 Å². The molecule has 0 amide bonds. The van der Waals surface area contributed by atoms with Crippen molar-refractivity contribution in [1.82, 2.24) is 15.2 Å². The molecule has 2 heterocycles. The predicted molar refractivity (Wildman–Crippen MR) is 169 cm³/mol. The Morgan fingerprint density at radius 1 is 1.20 bits per heavy atom. The fourth-order valence-corrected chi connectivity index (χ4v) is 4.40. The zero-order chi connectivity index (χ0) is 30.7. The minimum Gasteiger partial charge on any atom is -0.496 e. The Hall–Kier alpha value is -4.00. The van der Waals surface area contributed by atoms with Crippen LogP contribution >= 0.6 is 11.3 Å². The Bertz CT molecular complexity index is 1280. The summed E-state index contributed by atoms with van der Waals surface area (Å²) in [5.74, 6) is 0.751. The normalized spacial score (nSPS) is 12.9. The van der Waals surface area contributed by atoms with E-state index in [1.165, 1.54) is 16.9 Å². The Kier molecular flexibility index (Phi) is 16.4. The van der Waals surface area contributed by atoms with E-state index in [1.807, 2.05) is 58.0 Å². The van der Waals surface area contributed by atoms with E-state index >= 15 is 0 Å². The number of aryl methyl sites for hydroxylation is 1. The van der Waals surface area contributed by atoms with Gasteiger partial charge in [0.1, 0.15) is 5.75 Å². The van der Waals surface area contributed by atoms with E-state index in [0.717, 1.165) is 53.3 Å². The molecule has 1 aromatic carbocycles. The van der Waals surface area contributed by atoms with Crippen molar-refractivity contribution in [2.45, 2.75) is 47.0 Å². The molecule has 2 aromatic heterocycles. The van der Waals surface area contributed by atoms with E-state index in [1.54, 1.807) is 20.4 Å². The molecule has 1 saturated carbocycles. The SMILES string of the molecule is C#C.C/C=C(\C=C/CCOc1nnc(NC)s1)C1(CO)CC1.CC.COc1ccccc1-c1cc(C)ncc1C=O. The van der Waals surface area contributed by atoms with Gasteiger partial charge in [0, 0.05) is 35.5 Å². The smallest absolute Gasteiger partial charge is 0.295 e. The van der Waals surface area contributed by atoms with Crippen molar-refractivity contribution in [3.63, 3.8) is 0 Å². The van der Waals surface area contributed by atoms with E-state index in [9.17, 15) is 9.90 Å². The van der Waals surface area contributed by atoms with Crippen LogP contribution in [-0.2, 0) is 0 Å². The van der Waals surface area contributed by atoms with Crippen LogP contribution in [0, 0.1) is 25.2 Å². The van der Waals surface area contributed by atoms with E-state index in [-0.39, 0.29) is 12.0 Å². The molecule has 0 bridgehead atoms. The van der Waals surface area contributed by atoms with Crippen LogP contribution in [0.15, 0.2) is 60.3 Å². The zero-order valence-corrected chi connectivity index (χ0v) is 25.7. The highest BCUT2D eigenvalue weighted by Crippen LogP contribution is 2.51. The molecule has 0 atom stereocenters. The molecule has 1 aliphatic rings. The first-order valence-electron chi connectivity index (χ1n) is 13.5. The second-order valence-electron chi connectivity index (χ2n) is 8.58. The number of aromatic nitrogens is 3.